The maximum Gasteiger partial charge on any atom is 0.335 e. The number of aromatic nitrogens is 4. The first kappa shape index (κ1) is 12.8. The summed E-state index contributed by atoms with van der Waals surface area (Å²) in [5, 5.41) is 20.5. The lowest BCUT2D eigenvalue weighted by atomic mass is 10.1. The molecule has 21 heavy (non-hydrogen) atoms. The van der Waals surface area contributed by atoms with E-state index >= 15 is 0 Å². The summed E-state index contributed by atoms with van der Waals surface area (Å²) in [5.74, 6) is -0.445. The number of aromatic carboxylic acids is 1. The molecule has 0 aliphatic rings. The Morgan fingerprint density at radius 3 is 2.57 bits per heavy atom. The third kappa shape index (κ3) is 2.44. The van der Waals surface area contributed by atoms with Crippen LogP contribution in [0.4, 0.5) is 5.69 Å². The standard InChI is InChI=1S/C14H11N5O2/c15-11-3-1-2-10(8-11)13-16-17-18-19(13)12-6-4-9(5-7-12)14(20)21/h1-8H,15H2,(H,20,21). The van der Waals surface area contributed by atoms with Crippen LogP contribution in [0.5, 0.6) is 0 Å². The molecule has 1 aromatic heterocycles. The van der Waals surface area contributed by atoms with Crippen molar-refractivity contribution in [2.75, 3.05) is 5.73 Å². The molecule has 0 fully saturated rings. The summed E-state index contributed by atoms with van der Waals surface area (Å²) in [4.78, 5) is 10.9. The molecule has 2 aromatic carbocycles. The number of tetrazole rings is 1. The Bertz CT molecular complexity index is 795. The number of nitrogen functional groups attached to an aromatic ring is 1. The summed E-state index contributed by atoms with van der Waals surface area (Å²) in [6.45, 7) is 0. The van der Waals surface area contributed by atoms with Crippen LogP contribution in [0.15, 0.2) is 48.5 Å². The van der Waals surface area contributed by atoms with E-state index in [0.29, 0.717) is 17.2 Å². The largest absolute Gasteiger partial charge is 0.478 e. The van der Waals surface area contributed by atoms with E-state index in [1.54, 1.807) is 24.3 Å². The minimum atomic E-state index is -0.977. The molecule has 3 aromatic rings. The van der Waals surface area contributed by atoms with E-state index in [1.165, 1.54) is 16.8 Å². The zero-order valence-electron chi connectivity index (χ0n) is 10.8. The number of rotatable bonds is 3. The van der Waals surface area contributed by atoms with Crippen molar-refractivity contribution in [2.45, 2.75) is 0 Å². The van der Waals surface area contributed by atoms with Crippen molar-refractivity contribution in [2.24, 2.45) is 0 Å². The van der Waals surface area contributed by atoms with Gasteiger partial charge in [-0.25, -0.2) is 4.79 Å². The molecule has 104 valence electrons. The zero-order chi connectivity index (χ0) is 14.8. The Hall–Kier alpha value is -3.22. The fourth-order valence-electron chi connectivity index (χ4n) is 1.96. The van der Waals surface area contributed by atoms with Gasteiger partial charge in [0, 0.05) is 11.3 Å². The summed E-state index contributed by atoms with van der Waals surface area (Å²) in [6.07, 6.45) is 0. The highest BCUT2D eigenvalue weighted by molar-refractivity contribution is 5.87. The Morgan fingerprint density at radius 1 is 1.14 bits per heavy atom. The summed E-state index contributed by atoms with van der Waals surface area (Å²) < 4.78 is 1.53. The van der Waals surface area contributed by atoms with Gasteiger partial charge in [-0.3, -0.25) is 0 Å². The van der Waals surface area contributed by atoms with E-state index in [1.807, 2.05) is 12.1 Å². The van der Waals surface area contributed by atoms with E-state index in [0.717, 1.165) is 5.56 Å². The van der Waals surface area contributed by atoms with Gasteiger partial charge in [0.25, 0.3) is 0 Å². The van der Waals surface area contributed by atoms with Crippen molar-refractivity contribution < 1.29 is 9.90 Å². The molecule has 0 bridgehead atoms. The highest BCUT2D eigenvalue weighted by atomic mass is 16.4. The Morgan fingerprint density at radius 2 is 1.90 bits per heavy atom. The predicted molar refractivity (Wildman–Crippen MR) is 76.0 cm³/mol. The molecule has 3 rings (SSSR count). The highest BCUT2D eigenvalue weighted by Gasteiger charge is 2.11. The number of carboxylic acids is 1. The molecule has 3 N–H and O–H groups in total. The van der Waals surface area contributed by atoms with Crippen molar-refractivity contribution in [3.05, 3.63) is 54.1 Å². The van der Waals surface area contributed by atoms with Gasteiger partial charge in [-0.2, -0.15) is 4.68 Å². The molecule has 7 heteroatoms. The molecule has 0 amide bonds. The van der Waals surface area contributed by atoms with Crippen molar-refractivity contribution >= 4 is 11.7 Å². The Balaban J connectivity index is 2.04. The molecule has 1 heterocycles. The number of nitrogens with two attached hydrogens (primary N) is 1. The quantitative estimate of drug-likeness (QED) is 0.706. The first-order chi connectivity index (χ1) is 10.1. The molecular formula is C14H11N5O2. The first-order valence-corrected chi connectivity index (χ1v) is 6.13. The van der Waals surface area contributed by atoms with Crippen molar-refractivity contribution in [1.29, 1.82) is 0 Å². The van der Waals surface area contributed by atoms with Crippen LogP contribution in [0.2, 0.25) is 0 Å². The molecular weight excluding hydrogens is 270 g/mol. The second kappa shape index (κ2) is 5.04. The van der Waals surface area contributed by atoms with E-state index in [9.17, 15) is 4.79 Å². The summed E-state index contributed by atoms with van der Waals surface area (Å²) in [5.41, 5.74) is 8.03. The number of hydrogen-bond acceptors (Lipinski definition) is 5. The molecule has 0 saturated heterocycles. The van der Waals surface area contributed by atoms with E-state index in [2.05, 4.69) is 15.5 Å². The van der Waals surface area contributed by atoms with Gasteiger partial charge >= 0.3 is 5.97 Å². The predicted octanol–water partition coefficient (Wildman–Crippen LogP) is 1.61. The molecule has 0 unspecified atom stereocenters. The van der Waals surface area contributed by atoms with Crippen LogP contribution in [-0.4, -0.2) is 31.3 Å². The van der Waals surface area contributed by atoms with Crippen molar-refractivity contribution in [3.8, 4) is 17.1 Å². The minimum absolute atomic E-state index is 0.206. The average molecular weight is 281 g/mol. The number of carbonyl (C=O) groups is 1. The maximum absolute atomic E-state index is 10.9. The molecule has 0 radical (unpaired) electrons. The maximum atomic E-state index is 10.9. The van der Waals surface area contributed by atoms with Gasteiger partial charge in [-0.15, -0.1) is 5.10 Å². The van der Waals surface area contributed by atoms with E-state index in [4.69, 9.17) is 10.8 Å². The van der Waals surface area contributed by atoms with Gasteiger partial charge in [0.1, 0.15) is 0 Å². The topological polar surface area (TPSA) is 107 Å². The zero-order valence-corrected chi connectivity index (χ0v) is 10.8. The van der Waals surface area contributed by atoms with Crippen LogP contribution in [-0.2, 0) is 0 Å². The lowest BCUT2D eigenvalue weighted by Gasteiger charge is -2.05. The van der Waals surface area contributed by atoms with Crippen LogP contribution in [0.1, 0.15) is 10.4 Å². The van der Waals surface area contributed by atoms with E-state index < -0.39 is 5.97 Å². The fraction of sp³-hybridized carbons (Fsp3) is 0. The minimum Gasteiger partial charge on any atom is -0.478 e. The second-order valence-corrected chi connectivity index (χ2v) is 4.39. The number of hydrogen-bond donors (Lipinski definition) is 2. The highest BCUT2D eigenvalue weighted by Crippen LogP contribution is 2.21. The molecule has 7 nitrogen and oxygen atoms in total. The molecule has 0 saturated carbocycles. The third-order valence-electron chi connectivity index (χ3n) is 2.97. The lowest BCUT2D eigenvalue weighted by molar-refractivity contribution is 0.0697. The SMILES string of the molecule is Nc1cccc(-c2nnnn2-c2ccc(C(=O)O)cc2)c1. The number of benzene rings is 2. The number of nitrogens with zero attached hydrogens (tertiary/aromatic N) is 4. The fourth-order valence-corrected chi connectivity index (χ4v) is 1.96. The smallest absolute Gasteiger partial charge is 0.335 e. The summed E-state index contributed by atoms with van der Waals surface area (Å²) in [6, 6.07) is 13.5. The van der Waals surface area contributed by atoms with Crippen molar-refractivity contribution in [1.82, 2.24) is 20.2 Å². The summed E-state index contributed by atoms with van der Waals surface area (Å²) in [7, 11) is 0. The van der Waals surface area contributed by atoms with Gasteiger partial charge in [-0.1, -0.05) is 12.1 Å². The Kier molecular flexibility index (Phi) is 3.07. The number of anilines is 1. The van der Waals surface area contributed by atoms with Gasteiger partial charge in [0.15, 0.2) is 5.82 Å². The Labute approximate surface area is 119 Å². The number of carboxylic acid groups (broad SMARTS) is 1. The van der Waals surface area contributed by atoms with Crippen LogP contribution in [0.3, 0.4) is 0 Å². The summed E-state index contributed by atoms with van der Waals surface area (Å²) >= 11 is 0. The molecule has 0 aliphatic carbocycles. The van der Waals surface area contributed by atoms with Crippen molar-refractivity contribution in [3.63, 3.8) is 0 Å². The monoisotopic (exact) mass is 281 g/mol. The molecule has 0 atom stereocenters. The van der Waals surface area contributed by atoms with Crippen LogP contribution < -0.4 is 5.73 Å². The average Bonchev–Trinajstić information content (AvgIpc) is 2.97. The van der Waals surface area contributed by atoms with E-state index in [-0.39, 0.29) is 5.56 Å². The first-order valence-electron chi connectivity index (χ1n) is 6.13. The second-order valence-electron chi connectivity index (χ2n) is 4.39. The van der Waals surface area contributed by atoms with Gasteiger partial charge < -0.3 is 10.8 Å². The lowest BCUT2D eigenvalue weighted by Crippen LogP contribution is -2.02. The molecule has 0 aliphatic heterocycles. The van der Waals surface area contributed by atoms with Gasteiger partial charge in [0.2, 0.25) is 0 Å². The van der Waals surface area contributed by atoms with Crippen LogP contribution >= 0.6 is 0 Å². The van der Waals surface area contributed by atoms with Crippen LogP contribution in [0, 0.1) is 0 Å². The molecule has 0 spiro atoms. The van der Waals surface area contributed by atoms with Gasteiger partial charge in [0.05, 0.1) is 11.3 Å². The van der Waals surface area contributed by atoms with Gasteiger partial charge in [-0.05, 0) is 46.8 Å². The normalized spacial score (nSPS) is 10.5. The third-order valence-corrected chi connectivity index (χ3v) is 2.97. The van der Waals surface area contributed by atoms with Crippen LogP contribution in [0.25, 0.3) is 17.1 Å².